The fraction of sp³-hybridized carbons (Fsp3) is 0.684. The number of hydrogen-bond donors (Lipinski definition) is 1. The highest BCUT2D eigenvalue weighted by Gasteiger charge is 2.36. The van der Waals surface area contributed by atoms with Crippen LogP contribution in [0.2, 0.25) is 0 Å². The lowest BCUT2D eigenvalue weighted by Gasteiger charge is -2.44. The van der Waals surface area contributed by atoms with E-state index < -0.39 is 0 Å². The summed E-state index contributed by atoms with van der Waals surface area (Å²) in [5, 5.41) is 3.90. The van der Waals surface area contributed by atoms with Gasteiger partial charge in [0, 0.05) is 12.1 Å². The second-order valence-corrected chi connectivity index (χ2v) is 8.30. The fourth-order valence-corrected chi connectivity index (χ4v) is 3.51. The third-order valence-corrected chi connectivity index (χ3v) is 4.94. The minimum atomic E-state index is -0.163. The van der Waals surface area contributed by atoms with E-state index in [1.54, 1.807) is 12.1 Å². The van der Waals surface area contributed by atoms with E-state index in [-0.39, 0.29) is 17.3 Å². The Bertz CT molecular complexity index is 455. The summed E-state index contributed by atoms with van der Waals surface area (Å²) in [4.78, 5) is 0. The third kappa shape index (κ3) is 4.06. The van der Waals surface area contributed by atoms with Crippen molar-refractivity contribution in [2.75, 3.05) is 0 Å². The number of rotatable bonds is 3. The smallest absolute Gasteiger partial charge is 0.123 e. The van der Waals surface area contributed by atoms with E-state index in [4.69, 9.17) is 0 Å². The maximum atomic E-state index is 13.2. The van der Waals surface area contributed by atoms with E-state index in [2.05, 4.69) is 39.9 Å². The molecule has 2 unspecified atom stereocenters. The Morgan fingerprint density at radius 3 is 2.29 bits per heavy atom. The van der Waals surface area contributed by atoms with Gasteiger partial charge in [-0.15, -0.1) is 0 Å². The van der Waals surface area contributed by atoms with Crippen molar-refractivity contribution in [1.29, 1.82) is 0 Å². The first-order valence-corrected chi connectivity index (χ1v) is 8.22. The molecule has 2 atom stereocenters. The van der Waals surface area contributed by atoms with E-state index in [0.717, 1.165) is 0 Å². The molecule has 0 aromatic heterocycles. The molecule has 1 N–H and O–H groups in total. The molecule has 21 heavy (non-hydrogen) atoms. The Kier molecular flexibility index (Phi) is 4.77. The van der Waals surface area contributed by atoms with E-state index in [1.165, 1.54) is 31.2 Å². The van der Waals surface area contributed by atoms with Crippen LogP contribution >= 0.6 is 0 Å². The SMILES string of the molecule is CC(C)(C)C(NC1CCCCC1(C)C)c1ccc(F)cc1. The minimum absolute atomic E-state index is 0.103. The lowest BCUT2D eigenvalue weighted by atomic mass is 9.71. The molecule has 1 fully saturated rings. The molecule has 1 aromatic carbocycles. The summed E-state index contributed by atoms with van der Waals surface area (Å²) in [6.07, 6.45) is 5.16. The van der Waals surface area contributed by atoms with Crippen LogP contribution in [0.1, 0.15) is 71.9 Å². The molecule has 1 aromatic rings. The Labute approximate surface area is 129 Å². The molecule has 0 heterocycles. The van der Waals surface area contributed by atoms with Crippen LogP contribution < -0.4 is 5.32 Å². The molecule has 1 aliphatic rings. The number of hydrogen-bond acceptors (Lipinski definition) is 1. The summed E-state index contributed by atoms with van der Waals surface area (Å²) >= 11 is 0. The molecule has 0 spiro atoms. The lowest BCUT2D eigenvalue weighted by Crippen LogP contribution is -2.48. The molecule has 2 heteroatoms. The highest BCUT2D eigenvalue weighted by atomic mass is 19.1. The van der Waals surface area contributed by atoms with Crippen molar-refractivity contribution >= 4 is 0 Å². The van der Waals surface area contributed by atoms with Crippen molar-refractivity contribution in [1.82, 2.24) is 5.32 Å². The number of halogens is 1. The molecule has 1 aliphatic carbocycles. The summed E-state index contributed by atoms with van der Waals surface area (Å²) in [5.41, 5.74) is 1.62. The highest BCUT2D eigenvalue weighted by molar-refractivity contribution is 5.22. The van der Waals surface area contributed by atoms with E-state index in [1.807, 2.05) is 12.1 Å². The number of benzene rings is 1. The topological polar surface area (TPSA) is 12.0 Å². The van der Waals surface area contributed by atoms with Crippen molar-refractivity contribution in [3.05, 3.63) is 35.6 Å². The van der Waals surface area contributed by atoms with Gasteiger partial charge < -0.3 is 5.32 Å². The first-order chi connectivity index (χ1) is 9.70. The van der Waals surface area contributed by atoms with E-state index >= 15 is 0 Å². The van der Waals surface area contributed by atoms with Gasteiger partial charge in [0.25, 0.3) is 0 Å². The quantitative estimate of drug-likeness (QED) is 0.778. The summed E-state index contributed by atoms with van der Waals surface area (Å²) in [6.45, 7) is 11.5. The van der Waals surface area contributed by atoms with Crippen LogP contribution in [0.15, 0.2) is 24.3 Å². The summed E-state index contributed by atoms with van der Waals surface area (Å²) in [7, 11) is 0. The van der Waals surface area contributed by atoms with Crippen molar-refractivity contribution in [2.24, 2.45) is 10.8 Å². The monoisotopic (exact) mass is 291 g/mol. The van der Waals surface area contributed by atoms with Gasteiger partial charge in [0.1, 0.15) is 5.82 Å². The van der Waals surface area contributed by atoms with Crippen LogP contribution in [0.25, 0.3) is 0 Å². The summed E-state index contributed by atoms with van der Waals surface area (Å²) in [6, 6.07) is 7.77. The van der Waals surface area contributed by atoms with Crippen LogP contribution in [-0.2, 0) is 0 Å². The fourth-order valence-electron chi connectivity index (χ4n) is 3.51. The summed E-state index contributed by atoms with van der Waals surface area (Å²) in [5.74, 6) is -0.163. The average molecular weight is 291 g/mol. The predicted molar refractivity (Wildman–Crippen MR) is 87.8 cm³/mol. The molecule has 118 valence electrons. The molecule has 1 nitrogen and oxygen atoms in total. The predicted octanol–water partition coefficient (Wildman–Crippen LogP) is 5.47. The molecule has 0 saturated heterocycles. The molecule has 1 saturated carbocycles. The lowest BCUT2D eigenvalue weighted by molar-refractivity contribution is 0.126. The van der Waals surface area contributed by atoms with Crippen molar-refractivity contribution in [2.45, 2.75) is 72.4 Å². The van der Waals surface area contributed by atoms with Gasteiger partial charge in [0.15, 0.2) is 0 Å². The minimum Gasteiger partial charge on any atom is -0.306 e. The molecule has 0 bridgehead atoms. The van der Waals surface area contributed by atoms with Crippen LogP contribution in [-0.4, -0.2) is 6.04 Å². The Morgan fingerprint density at radius 2 is 1.76 bits per heavy atom. The van der Waals surface area contributed by atoms with Gasteiger partial charge in [-0.3, -0.25) is 0 Å². The van der Waals surface area contributed by atoms with Crippen LogP contribution in [0.3, 0.4) is 0 Å². The highest BCUT2D eigenvalue weighted by Crippen LogP contribution is 2.40. The molecule has 0 aliphatic heterocycles. The van der Waals surface area contributed by atoms with Crippen molar-refractivity contribution < 1.29 is 4.39 Å². The van der Waals surface area contributed by atoms with Crippen molar-refractivity contribution in [3.8, 4) is 0 Å². The van der Waals surface area contributed by atoms with Crippen molar-refractivity contribution in [3.63, 3.8) is 0 Å². The van der Waals surface area contributed by atoms with Gasteiger partial charge in [-0.2, -0.15) is 0 Å². The largest absolute Gasteiger partial charge is 0.306 e. The molecule has 0 radical (unpaired) electrons. The molecule has 2 rings (SSSR count). The second kappa shape index (κ2) is 6.08. The Hall–Kier alpha value is -0.890. The van der Waals surface area contributed by atoms with E-state index in [9.17, 15) is 4.39 Å². The van der Waals surface area contributed by atoms with Crippen LogP contribution in [0, 0.1) is 16.6 Å². The molecular formula is C19H30FN. The molecule has 0 amide bonds. The van der Waals surface area contributed by atoms with Gasteiger partial charge >= 0.3 is 0 Å². The first-order valence-electron chi connectivity index (χ1n) is 8.22. The van der Waals surface area contributed by atoms with Gasteiger partial charge in [0.05, 0.1) is 0 Å². The zero-order valence-electron chi connectivity index (χ0n) is 14.2. The Morgan fingerprint density at radius 1 is 1.14 bits per heavy atom. The van der Waals surface area contributed by atoms with Gasteiger partial charge in [-0.05, 0) is 41.4 Å². The van der Waals surface area contributed by atoms with Crippen LogP contribution in [0.4, 0.5) is 4.39 Å². The standard InChI is InChI=1S/C19H30FN/c1-18(2,3)17(14-9-11-15(20)12-10-14)21-16-8-6-7-13-19(16,4)5/h9-12,16-17,21H,6-8,13H2,1-5H3. The zero-order valence-corrected chi connectivity index (χ0v) is 14.2. The molecular weight excluding hydrogens is 261 g/mol. The number of nitrogens with one attached hydrogen (secondary N) is 1. The summed E-state index contributed by atoms with van der Waals surface area (Å²) < 4.78 is 13.2. The van der Waals surface area contributed by atoms with Gasteiger partial charge in [-0.25, -0.2) is 4.39 Å². The maximum absolute atomic E-state index is 13.2. The average Bonchev–Trinajstić information content (AvgIpc) is 2.37. The van der Waals surface area contributed by atoms with E-state index in [0.29, 0.717) is 11.5 Å². The third-order valence-electron chi connectivity index (χ3n) is 4.94. The first kappa shape index (κ1) is 16.5. The normalized spacial score (nSPS) is 23.8. The zero-order chi connectivity index (χ0) is 15.7. The Balaban J connectivity index is 2.23. The second-order valence-electron chi connectivity index (χ2n) is 8.30. The van der Waals surface area contributed by atoms with Crippen LogP contribution in [0.5, 0.6) is 0 Å². The maximum Gasteiger partial charge on any atom is 0.123 e. The van der Waals surface area contributed by atoms with Gasteiger partial charge in [0.2, 0.25) is 0 Å². The van der Waals surface area contributed by atoms with Gasteiger partial charge in [-0.1, -0.05) is 59.6 Å².